The van der Waals surface area contributed by atoms with Gasteiger partial charge in [0.25, 0.3) is 11.7 Å². The van der Waals surface area contributed by atoms with Crippen LogP contribution in [0.1, 0.15) is 35.2 Å². The minimum atomic E-state index is -0.827. The summed E-state index contributed by atoms with van der Waals surface area (Å²) in [6, 6.07) is 13.6. The highest BCUT2D eigenvalue weighted by atomic mass is 19.1. The lowest BCUT2D eigenvalue weighted by Crippen LogP contribution is -2.29. The topological polar surface area (TPSA) is 79.7 Å². The summed E-state index contributed by atoms with van der Waals surface area (Å²) in [6.07, 6.45) is 3.90. The standard InChI is InChI=1S/C26H21FN2O4/c1-15-11-19-12-17(6-9-21(19)33-15)24(30)22-23(18-3-2-10-28-13-18)29(26(32)25(22)31)14-16-4-7-20(27)8-5-16/h2-10,12-13,15,23,30H,11,14H2,1H3/b24-22-. The van der Waals surface area contributed by atoms with Gasteiger partial charge in [0.05, 0.1) is 11.6 Å². The van der Waals surface area contributed by atoms with Crippen LogP contribution in [0.25, 0.3) is 5.76 Å². The molecule has 1 amide bonds. The quantitative estimate of drug-likeness (QED) is 0.371. The van der Waals surface area contributed by atoms with Gasteiger partial charge in [0.2, 0.25) is 0 Å². The van der Waals surface area contributed by atoms with Gasteiger partial charge in [0.15, 0.2) is 0 Å². The average molecular weight is 444 g/mol. The van der Waals surface area contributed by atoms with Gasteiger partial charge in [-0.05, 0) is 60.0 Å². The van der Waals surface area contributed by atoms with Crippen LogP contribution < -0.4 is 4.74 Å². The number of ketones is 1. The van der Waals surface area contributed by atoms with E-state index in [0.29, 0.717) is 23.1 Å². The van der Waals surface area contributed by atoms with Gasteiger partial charge in [0, 0.05) is 30.9 Å². The Morgan fingerprint density at radius 3 is 2.70 bits per heavy atom. The highest BCUT2D eigenvalue weighted by molar-refractivity contribution is 6.46. The summed E-state index contributed by atoms with van der Waals surface area (Å²) in [7, 11) is 0. The monoisotopic (exact) mass is 444 g/mol. The number of ether oxygens (including phenoxy) is 1. The van der Waals surface area contributed by atoms with Crippen molar-refractivity contribution in [1.29, 1.82) is 0 Å². The number of aliphatic hydroxyl groups is 1. The number of hydrogen-bond donors (Lipinski definition) is 1. The van der Waals surface area contributed by atoms with Crippen molar-refractivity contribution in [3.8, 4) is 5.75 Å². The Balaban J connectivity index is 1.61. The molecule has 0 spiro atoms. The predicted molar refractivity (Wildman–Crippen MR) is 119 cm³/mol. The Bertz CT molecular complexity index is 1270. The molecule has 33 heavy (non-hydrogen) atoms. The number of benzene rings is 2. The van der Waals surface area contributed by atoms with Crippen LogP contribution in [0.15, 0.2) is 72.6 Å². The third-order valence-corrected chi connectivity index (χ3v) is 5.98. The van der Waals surface area contributed by atoms with Gasteiger partial charge in [-0.1, -0.05) is 18.2 Å². The molecule has 0 saturated carbocycles. The molecule has 1 saturated heterocycles. The first-order valence-electron chi connectivity index (χ1n) is 10.6. The highest BCUT2D eigenvalue weighted by Gasteiger charge is 2.46. The van der Waals surface area contributed by atoms with Gasteiger partial charge in [-0.15, -0.1) is 0 Å². The normalized spacial score (nSPS) is 21.2. The number of Topliss-reactive ketones (excluding diaryl/α,β-unsaturated/α-hetero) is 1. The van der Waals surface area contributed by atoms with E-state index in [0.717, 1.165) is 11.3 Å². The minimum Gasteiger partial charge on any atom is -0.507 e. The molecule has 2 atom stereocenters. The molecule has 2 unspecified atom stereocenters. The predicted octanol–water partition coefficient (Wildman–Crippen LogP) is 4.17. The van der Waals surface area contributed by atoms with Crippen LogP contribution >= 0.6 is 0 Å². The molecule has 3 heterocycles. The smallest absolute Gasteiger partial charge is 0.295 e. The van der Waals surface area contributed by atoms with Crippen molar-refractivity contribution in [3.05, 3.63) is 101 Å². The van der Waals surface area contributed by atoms with E-state index < -0.39 is 17.7 Å². The molecule has 2 aliphatic heterocycles. The molecule has 2 aliphatic rings. The van der Waals surface area contributed by atoms with Crippen molar-refractivity contribution < 1.29 is 23.8 Å². The Kier molecular flexibility index (Phi) is 5.17. The molecular formula is C26H21FN2O4. The van der Waals surface area contributed by atoms with Crippen molar-refractivity contribution in [3.63, 3.8) is 0 Å². The first-order chi connectivity index (χ1) is 15.9. The number of aromatic nitrogens is 1. The molecule has 1 N–H and O–H groups in total. The molecule has 6 nitrogen and oxygen atoms in total. The Morgan fingerprint density at radius 1 is 1.18 bits per heavy atom. The van der Waals surface area contributed by atoms with E-state index in [1.807, 2.05) is 6.92 Å². The van der Waals surface area contributed by atoms with Crippen LogP contribution in [0, 0.1) is 5.82 Å². The number of halogens is 1. The largest absolute Gasteiger partial charge is 0.507 e. The summed E-state index contributed by atoms with van der Waals surface area (Å²) in [5.74, 6) is -1.38. The molecule has 1 aromatic heterocycles. The van der Waals surface area contributed by atoms with Crippen LogP contribution in [0.4, 0.5) is 4.39 Å². The van der Waals surface area contributed by atoms with E-state index in [4.69, 9.17) is 4.74 Å². The molecule has 0 aliphatic carbocycles. The first kappa shape index (κ1) is 20.9. The van der Waals surface area contributed by atoms with E-state index in [1.54, 1.807) is 54.9 Å². The van der Waals surface area contributed by atoms with Gasteiger partial charge >= 0.3 is 0 Å². The molecule has 5 rings (SSSR count). The molecule has 1 fully saturated rings. The fourth-order valence-electron chi connectivity index (χ4n) is 4.44. The minimum absolute atomic E-state index is 0.00188. The van der Waals surface area contributed by atoms with Crippen LogP contribution in [0.3, 0.4) is 0 Å². The van der Waals surface area contributed by atoms with E-state index in [9.17, 15) is 19.1 Å². The number of hydrogen-bond acceptors (Lipinski definition) is 5. The number of nitrogens with zero attached hydrogens (tertiary/aromatic N) is 2. The van der Waals surface area contributed by atoms with Crippen LogP contribution in [-0.2, 0) is 22.6 Å². The number of carbonyl (C=O) groups excluding carboxylic acids is 2. The van der Waals surface area contributed by atoms with Gasteiger partial charge in [-0.3, -0.25) is 14.6 Å². The third-order valence-electron chi connectivity index (χ3n) is 5.98. The lowest BCUT2D eigenvalue weighted by atomic mass is 9.95. The lowest BCUT2D eigenvalue weighted by molar-refractivity contribution is -0.140. The van der Waals surface area contributed by atoms with Gasteiger partial charge < -0.3 is 14.7 Å². The number of fused-ring (bicyclic) bond motifs is 1. The second-order valence-corrected chi connectivity index (χ2v) is 8.29. The Labute approximate surface area is 190 Å². The van der Waals surface area contributed by atoms with Gasteiger partial charge in [-0.2, -0.15) is 0 Å². The molecule has 7 heteroatoms. The number of amides is 1. The number of pyridine rings is 1. The van der Waals surface area contributed by atoms with E-state index in [2.05, 4.69) is 4.98 Å². The van der Waals surface area contributed by atoms with Crippen molar-refractivity contribution >= 4 is 17.4 Å². The summed E-state index contributed by atoms with van der Waals surface area (Å²) in [5.41, 5.74) is 2.64. The van der Waals surface area contributed by atoms with Gasteiger partial charge in [0.1, 0.15) is 23.4 Å². The Morgan fingerprint density at radius 2 is 1.97 bits per heavy atom. The zero-order valence-corrected chi connectivity index (χ0v) is 17.9. The number of aliphatic hydroxyl groups excluding tert-OH is 1. The zero-order chi connectivity index (χ0) is 23.1. The van der Waals surface area contributed by atoms with E-state index in [-0.39, 0.29) is 29.8 Å². The summed E-state index contributed by atoms with van der Waals surface area (Å²) in [4.78, 5) is 31.7. The van der Waals surface area contributed by atoms with Crippen LogP contribution in [0.2, 0.25) is 0 Å². The average Bonchev–Trinajstić information content (AvgIpc) is 3.31. The van der Waals surface area contributed by atoms with Crippen molar-refractivity contribution in [1.82, 2.24) is 9.88 Å². The van der Waals surface area contributed by atoms with E-state index in [1.165, 1.54) is 17.0 Å². The second kappa shape index (κ2) is 8.16. The summed E-state index contributed by atoms with van der Waals surface area (Å²) < 4.78 is 19.1. The van der Waals surface area contributed by atoms with Crippen molar-refractivity contribution in [2.45, 2.75) is 32.0 Å². The number of carbonyl (C=O) groups is 2. The summed E-state index contributed by atoms with van der Waals surface area (Å²) >= 11 is 0. The van der Waals surface area contributed by atoms with Crippen molar-refractivity contribution in [2.24, 2.45) is 0 Å². The first-order valence-corrected chi connectivity index (χ1v) is 10.6. The molecule has 3 aromatic rings. The number of likely N-dealkylation sites (tertiary alicyclic amines) is 1. The molecule has 2 aromatic carbocycles. The third kappa shape index (κ3) is 3.75. The Hall–Kier alpha value is -4.00. The summed E-state index contributed by atoms with van der Waals surface area (Å²) in [6.45, 7) is 2.04. The van der Waals surface area contributed by atoms with Crippen molar-refractivity contribution in [2.75, 3.05) is 0 Å². The number of rotatable bonds is 4. The maximum absolute atomic E-state index is 13.4. The van der Waals surface area contributed by atoms with Crippen LogP contribution in [-0.4, -0.2) is 32.8 Å². The fourth-order valence-corrected chi connectivity index (χ4v) is 4.44. The second-order valence-electron chi connectivity index (χ2n) is 8.29. The van der Waals surface area contributed by atoms with Crippen LogP contribution in [0.5, 0.6) is 5.75 Å². The van der Waals surface area contributed by atoms with E-state index >= 15 is 0 Å². The molecule has 0 bridgehead atoms. The molecular weight excluding hydrogens is 423 g/mol. The SMILES string of the molecule is CC1Cc2cc(/C(O)=C3/C(=O)C(=O)N(Cc4ccc(F)cc4)C3c3cccnc3)ccc2O1. The zero-order valence-electron chi connectivity index (χ0n) is 17.9. The van der Waals surface area contributed by atoms with Gasteiger partial charge in [-0.25, -0.2) is 4.39 Å². The summed E-state index contributed by atoms with van der Waals surface area (Å²) in [5, 5.41) is 11.2. The molecule has 166 valence electrons. The maximum atomic E-state index is 13.4. The fraction of sp³-hybridized carbons (Fsp3) is 0.192. The lowest BCUT2D eigenvalue weighted by Gasteiger charge is -2.25. The molecule has 0 radical (unpaired) electrons. The highest BCUT2D eigenvalue weighted by Crippen LogP contribution is 2.41. The maximum Gasteiger partial charge on any atom is 0.295 e.